The van der Waals surface area contributed by atoms with Crippen LogP contribution in [0.3, 0.4) is 0 Å². The zero-order valence-electron chi connectivity index (χ0n) is 21.5. The maximum atomic E-state index is 13.9. The summed E-state index contributed by atoms with van der Waals surface area (Å²) in [7, 11) is 0. The molecule has 2 aromatic carbocycles. The molecule has 2 aromatic rings. The van der Waals surface area contributed by atoms with Crippen molar-refractivity contribution in [1.82, 2.24) is 9.80 Å². The molecule has 2 atom stereocenters. The summed E-state index contributed by atoms with van der Waals surface area (Å²) in [5.41, 5.74) is 0.579. The molecule has 0 radical (unpaired) electrons. The summed E-state index contributed by atoms with van der Waals surface area (Å²) in [5.74, 6) is -0.964. The number of aromatic carboxylic acids is 1. The van der Waals surface area contributed by atoms with Crippen molar-refractivity contribution < 1.29 is 28.6 Å². The van der Waals surface area contributed by atoms with Crippen LogP contribution in [-0.4, -0.2) is 64.9 Å². The minimum absolute atomic E-state index is 0.0190. The van der Waals surface area contributed by atoms with Crippen LogP contribution in [0.5, 0.6) is 5.75 Å². The second-order valence-electron chi connectivity index (χ2n) is 11.2. The summed E-state index contributed by atoms with van der Waals surface area (Å²) in [5, 5.41) is 10.2. The monoisotopic (exact) mass is 576 g/mol. The van der Waals surface area contributed by atoms with Gasteiger partial charge in [0.15, 0.2) is 6.73 Å². The van der Waals surface area contributed by atoms with Crippen LogP contribution in [0.25, 0.3) is 0 Å². The summed E-state index contributed by atoms with van der Waals surface area (Å²) in [6.45, 7) is 2.71. The molecular weight excluding hydrogens is 546 g/mol. The molecule has 10 heteroatoms. The number of amides is 1. The molecule has 6 rings (SSSR count). The molecular formula is C29H31Cl2FN2O5. The predicted molar refractivity (Wildman–Crippen MR) is 144 cm³/mol. The Hall–Kier alpha value is -2.39. The van der Waals surface area contributed by atoms with E-state index >= 15 is 0 Å². The van der Waals surface area contributed by atoms with Crippen molar-refractivity contribution in [3.8, 4) is 5.75 Å². The van der Waals surface area contributed by atoms with Crippen molar-refractivity contribution in [2.24, 2.45) is 5.92 Å². The van der Waals surface area contributed by atoms with Crippen LogP contribution in [0, 0.1) is 11.7 Å². The Kier molecular flexibility index (Phi) is 7.25. The molecule has 7 nitrogen and oxygen atoms in total. The van der Waals surface area contributed by atoms with E-state index in [1.807, 2.05) is 0 Å². The molecule has 1 N–H and O–H groups in total. The SMILES string of the molecule is O=C(O)c1cc(C2CCN([C@@H]3CC[C@@](C(=O)N4COc5c(Cl)cc(Cl)cc5C4)(C4CC4)OC3)CC2)ccc1F. The number of fused-ring (bicyclic) bond motifs is 1. The van der Waals surface area contributed by atoms with E-state index in [4.69, 9.17) is 32.7 Å². The topological polar surface area (TPSA) is 79.3 Å². The molecule has 4 aliphatic rings. The van der Waals surface area contributed by atoms with Gasteiger partial charge in [-0.15, -0.1) is 0 Å². The number of carboxylic acid groups (broad SMARTS) is 1. The number of carbonyl (C=O) groups excluding carboxylic acids is 1. The second kappa shape index (κ2) is 10.5. The Labute approximate surface area is 236 Å². The maximum Gasteiger partial charge on any atom is 0.338 e. The number of hydrogen-bond acceptors (Lipinski definition) is 5. The normalized spacial score (nSPS) is 26.1. The first-order valence-corrected chi connectivity index (χ1v) is 14.3. The molecule has 2 saturated heterocycles. The first-order chi connectivity index (χ1) is 18.7. The standard InChI is InChI=1S/C29H31Cl2FN2O5/c30-21-11-19-14-34(16-38-26(19)24(31)13-21)28(37)29(20-2-3-20)8-5-22(15-39-29)33-9-6-17(7-10-33)18-1-4-25(32)23(12-18)27(35)36/h1,4,11-13,17,20,22H,2-3,5-10,14-16H2,(H,35,36)/t22-,29+/m1/s1. The smallest absolute Gasteiger partial charge is 0.338 e. The summed E-state index contributed by atoms with van der Waals surface area (Å²) >= 11 is 12.5. The second-order valence-corrected chi connectivity index (χ2v) is 12.0. The van der Waals surface area contributed by atoms with Crippen molar-refractivity contribution in [2.75, 3.05) is 26.4 Å². The molecule has 0 bridgehead atoms. The molecule has 1 aliphatic carbocycles. The van der Waals surface area contributed by atoms with Gasteiger partial charge in [0.25, 0.3) is 5.91 Å². The number of nitrogens with zero attached hydrogens (tertiary/aromatic N) is 2. The van der Waals surface area contributed by atoms with Crippen LogP contribution in [0.1, 0.15) is 65.9 Å². The van der Waals surface area contributed by atoms with Crippen LogP contribution in [0.4, 0.5) is 4.39 Å². The fourth-order valence-electron chi connectivity index (χ4n) is 6.53. The van der Waals surface area contributed by atoms with Crippen molar-refractivity contribution >= 4 is 35.1 Å². The average molecular weight is 577 g/mol. The predicted octanol–water partition coefficient (Wildman–Crippen LogP) is 5.72. The van der Waals surface area contributed by atoms with Gasteiger partial charge in [0.2, 0.25) is 0 Å². The van der Waals surface area contributed by atoms with Crippen LogP contribution >= 0.6 is 23.2 Å². The highest BCUT2D eigenvalue weighted by Gasteiger charge is 2.56. The number of carbonyl (C=O) groups is 2. The van der Waals surface area contributed by atoms with Gasteiger partial charge >= 0.3 is 5.97 Å². The van der Waals surface area contributed by atoms with Gasteiger partial charge in [0.05, 0.1) is 23.7 Å². The minimum atomic E-state index is -1.24. The number of piperidine rings is 1. The number of benzene rings is 2. The first-order valence-electron chi connectivity index (χ1n) is 13.6. The van der Waals surface area contributed by atoms with Gasteiger partial charge in [-0.2, -0.15) is 0 Å². The highest BCUT2D eigenvalue weighted by Crippen LogP contribution is 2.49. The van der Waals surface area contributed by atoms with E-state index in [1.165, 1.54) is 12.1 Å². The van der Waals surface area contributed by atoms with E-state index < -0.39 is 17.4 Å². The number of likely N-dealkylation sites (tertiary alicyclic amines) is 1. The van der Waals surface area contributed by atoms with Crippen molar-refractivity contribution in [3.63, 3.8) is 0 Å². The number of hydrogen-bond donors (Lipinski definition) is 1. The lowest BCUT2D eigenvalue weighted by Crippen LogP contribution is -2.59. The largest absolute Gasteiger partial charge is 0.478 e. The molecule has 3 fully saturated rings. The van der Waals surface area contributed by atoms with E-state index in [-0.39, 0.29) is 36.1 Å². The van der Waals surface area contributed by atoms with Gasteiger partial charge in [-0.1, -0.05) is 29.3 Å². The van der Waals surface area contributed by atoms with E-state index in [0.717, 1.165) is 56.3 Å². The number of ether oxygens (including phenoxy) is 2. The van der Waals surface area contributed by atoms with Crippen LogP contribution in [-0.2, 0) is 16.1 Å². The quantitative estimate of drug-likeness (QED) is 0.490. The average Bonchev–Trinajstić information content (AvgIpc) is 3.79. The zero-order chi connectivity index (χ0) is 27.3. The Balaban J connectivity index is 1.08. The number of carboxylic acids is 1. The third-order valence-electron chi connectivity index (χ3n) is 8.82. The number of halogens is 3. The third kappa shape index (κ3) is 5.12. The summed E-state index contributed by atoms with van der Waals surface area (Å²) in [6.07, 6.45) is 5.24. The Morgan fingerprint density at radius 1 is 1.05 bits per heavy atom. The van der Waals surface area contributed by atoms with Crippen molar-refractivity contribution in [2.45, 2.75) is 62.6 Å². The molecule has 0 spiro atoms. The van der Waals surface area contributed by atoms with Gasteiger partial charge in [0.1, 0.15) is 17.2 Å². The van der Waals surface area contributed by atoms with Gasteiger partial charge in [-0.25, -0.2) is 9.18 Å². The van der Waals surface area contributed by atoms with E-state index in [0.29, 0.717) is 35.4 Å². The Morgan fingerprint density at radius 3 is 2.49 bits per heavy atom. The van der Waals surface area contributed by atoms with Gasteiger partial charge in [0, 0.05) is 16.6 Å². The first kappa shape index (κ1) is 26.8. The van der Waals surface area contributed by atoms with Gasteiger partial charge in [-0.3, -0.25) is 9.69 Å². The van der Waals surface area contributed by atoms with Crippen LogP contribution in [0.15, 0.2) is 30.3 Å². The third-order valence-corrected chi connectivity index (χ3v) is 9.32. The summed E-state index contributed by atoms with van der Waals surface area (Å²) < 4.78 is 26.2. The zero-order valence-corrected chi connectivity index (χ0v) is 23.0. The van der Waals surface area contributed by atoms with Crippen LogP contribution in [0.2, 0.25) is 10.0 Å². The summed E-state index contributed by atoms with van der Waals surface area (Å²) in [6, 6.07) is 8.09. The molecule has 3 heterocycles. The number of rotatable bonds is 5. The molecule has 0 unspecified atom stereocenters. The van der Waals surface area contributed by atoms with Gasteiger partial charge < -0.3 is 19.5 Å². The Morgan fingerprint density at radius 2 is 1.82 bits per heavy atom. The Bertz CT molecular complexity index is 1290. The molecule has 39 heavy (non-hydrogen) atoms. The minimum Gasteiger partial charge on any atom is -0.478 e. The maximum absolute atomic E-state index is 13.9. The molecule has 0 aromatic heterocycles. The molecule has 208 valence electrons. The van der Waals surface area contributed by atoms with E-state index in [2.05, 4.69) is 4.90 Å². The fourth-order valence-corrected chi connectivity index (χ4v) is 7.12. The lowest BCUT2D eigenvalue weighted by molar-refractivity contribution is -0.180. The highest BCUT2D eigenvalue weighted by molar-refractivity contribution is 6.35. The molecule has 1 saturated carbocycles. The van der Waals surface area contributed by atoms with E-state index in [9.17, 15) is 19.1 Å². The lowest BCUT2D eigenvalue weighted by atomic mass is 9.84. The molecule has 3 aliphatic heterocycles. The molecule has 1 amide bonds. The van der Waals surface area contributed by atoms with Crippen molar-refractivity contribution in [3.05, 3.63) is 62.9 Å². The van der Waals surface area contributed by atoms with E-state index in [1.54, 1.807) is 23.1 Å². The van der Waals surface area contributed by atoms with Crippen molar-refractivity contribution in [1.29, 1.82) is 0 Å². The van der Waals surface area contributed by atoms with Gasteiger partial charge in [-0.05, 0) is 93.3 Å². The highest BCUT2D eigenvalue weighted by atomic mass is 35.5. The summed E-state index contributed by atoms with van der Waals surface area (Å²) in [4.78, 5) is 29.4. The van der Waals surface area contributed by atoms with Crippen LogP contribution < -0.4 is 4.74 Å². The fraction of sp³-hybridized carbons (Fsp3) is 0.517. The lowest BCUT2D eigenvalue weighted by Gasteiger charge is -2.46.